The molecule has 0 aliphatic heterocycles. The highest BCUT2D eigenvalue weighted by molar-refractivity contribution is 5.34. The SMILES string of the molecule is CNc1cccc(COCCOc2ccccc2)n1. The molecule has 0 bridgehead atoms. The Balaban J connectivity index is 1.66. The van der Waals surface area contributed by atoms with Gasteiger partial charge in [-0.25, -0.2) is 4.98 Å². The van der Waals surface area contributed by atoms with E-state index < -0.39 is 0 Å². The summed E-state index contributed by atoms with van der Waals surface area (Å²) in [5.41, 5.74) is 0.909. The van der Waals surface area contributed by atoms with E-state index in [0.29, 0.717) is 19.8 Å². The molecule has 4 nitrogen and oxygen atoms in total. The molecule has 0 aliphatic carbocycles. The van der Waals surface area contributed by atoms with Crippen LogP contribution in [0.3, 0.4) is 0 Å². The molecular formula is C15H18N2O2. The first-order valence-corrected chi connectivity index (χ1v) is 6.28. The molecule has 0 unspecified atom stereocenters. The normalized spacial score (nSPS) is 10.2. The second-order valence-corrected chi connectivity index (χ2v) is 3.98. The largest absolute Gasteiger partial charge is 0.491 e. The molecular weight excluding hydrogens is 240 g/mol. The predicted octanol–water partition coefficient (Wildman–Crippen LogP) is 2.72. The van der Waals surface area contributed by atoms with Crippen molar-refractivity contribution in [2.45, 2.75) is 6.61 Å². The predicted molar refractivity (Wildman–Crippen MR) is 75.4 cm³/mol. The van der Waals surface area contributed by atoms with Crippen molar-refractivity contribution in [3.05, 3.63) is 54.2 Å². The highest BCUT2D eigenvalue weighted by Crippen LogP contribution is 2.08. The molecule has 0 radical (unpaired) electrons. The number of nitrogens with zero attached hydrogens (tertiary/aromatic N) is 1. The zero-order chi connectivity index (χ0) is 13.3. The van der Waals surface area contributed by atoms with Gasteiger partial charge in [0.15, 0.2) is 0 Å². The summed E-state index contributed by atoms with van der Waals surface area (Å²) in [5, 5.41) is 3.00. The summed E-state index contributed by atoms with van der Waals surface area (Å²) in [6.45, 7) is 1.57. The summed E-state index contributed by atoms with van der Waals surface area (Å²) in [5.74, 6) is 1.71. The van der Waals surface area contributed by atoms with Crippen LogP contribution in [0.4, 0.5) is 5.82 Å². The number of pyridine rings is 1. The van der Waals surface area contributed by atoms with E-state index in [2.05, 4.69) is 10.3 Å². The van der Waals surface area contributed by atoms with Crippen LogP contribution < -0.4 is 10.1 Å². The highest BCUT2D eigenvalue weighted by atomic mass is 16.5. The van der Waals surface area contributed by atoms with Gasteiger partial charge in [0, 0.05) is 7.05 Å². The quantitative estimate of drug-likeness (QED) is 0.775. The minimum atomic E-state index is 0.494. The average Bonchev–Trinajstić information content (AvgIpc) is 2.48. The van der Waals surface area contributed by atoms with E-state index in [1.807, 2.05) is 55.6 Å². The molecule has 1 aromatic heterocycles. The maximum atomic E-state index is 5.53. The van der Waals surface area contributed by atoms with Gasteiger partial charge in [0.25, 0.3) is 0 Å². The minimum Gasteiger partial charge on any atom is -0.491 e. The van der Waals surface area contributed by atoms with Gasteiger partial charge in [0.2, 0.25) is 0 Å². The van der Waals surface area contributed by atoms with Crippen LogP contribution in [0.5, 0.6) is 5.75 Å². The van der Waals surface area contributed by atoms with E-state index in [-0.39, 0.29) is 0 Å². The molecule has 2 rings (SSSR count). The summed E-state index contributed by atoms with van der Waals surface area (Å²) in [6.07, 6.45) is 0. The van der Waals surface area contributed by atoms with Crippen LogP contribution in [0.25, 0.3) is 0 Å². The molecule has 0 aliphatic rings. The molecule has 1 N–H and O–H groups in total. The first-order chi connectivity index (χ1) is 9.38. The third kappa shape index (κ3) is 4.60. The first-order valence-electron chi connectivity index (χ1n) is 6.28. The van der Waals surface area contributed by atoms with Crippen LogP contribution in [0, 0.1) is 0 Å². The number of aromatic nitrogens is 1. The van der Waals surface area contributed by atoms with E-state index in [4.69, 9.17) is 9.47 Å². The number of para-hydroxylation sites is 1. The molecule has 0 amide bonds. The lowest BCUT2D eigenvalue weighted by atomic mass is 10.3. The third-order valence-corrected chi connectivity index (χ3v) is 2.55. The number of hydrogen-bond acceptors (Lipinski definition) is 4. The molecule has 4 heteroatoms. The van der Waals surface area contributed by atoms with Crippen molar-refractivity contribution < 1.29 is 9.47 Å². The van der Waals surface area contributed by atoms with Crippen LogP contribution in [0.15, 0.2) is 48.5 Å². The van der Waals surface area contributed by atoms with Crippen molar-refractivity contribution in [3.63, 3.8) is 0 Å². The standard InChI is InChI=1S/C15H18N2O2/c1-16-15-9-5-6-13(17-15)12-18-10-11-19-14-7-3-2-4-8-14/h2-9H,10-12H2,1H3,(H,16,17). The lowest BCUT2D eigenvalue weighted by molar-refractivity contribution is 0.0870. The smallest absolute Gasteiger partial charge is 0.126 e. The number of anilines is 1. The Labute approximate surface area is 113 Å². The van der Waals surface area contributed by atoms with Gasteiger partial charge in [-0.1, -0.05) is 24.3 Å². The fraction of sp³-hybridized carbons (Fsp3) is 0.267. The second-order valence-electron chi connectivity index (χ2n) is 3.98. The monoisotopic (exact) mass is 258 g/mol. The zero-order valence-electron chi connectivity index (χ0n) is 11.0. The molecule has 0 fully saturated rings. The van der Waals surface area contributed by atoms with Crippen LogP contribution in [-0.2, 0) is 11.3 Å². The van der Waals surface area contributed by atoms with Crippen LogP contribution in [-0.4, -0.2) is 25.2 Å². The Morgan fingerprint density at radius 1 is 1.00 bits per heavy atom. The van der Waals surface area contributed by atoms with Crippen LogP contribution >= 0.6 is 0 Å². The molecule has 0 saturated carbocycles. The van der Waals surface area contributed by atoms with Crippen molar-refractivity contribution in [1.29, 1.82) is 0 Å². The van der Waals surface area contributed by atoms with E-state index in [9.17, 15) is 0 Å². The molecule has 1 heterocycles. The summed E-state index contributed by atoms with van der Waals surface area (Å²) in [7, 11) is 1.85. The van der Waals surface area contributed by atoms with Crippen molar-refractivity contribution in [2.75, 3.05) is 25.6 Å². The van der Waals surface area contributed by atoms with Gasteiger partial charge in [0.1, 0.15) is 18.2 Å². The van der Waals surface area contributed by atoms with Gasteiger partial charge >= 0.3 is 0 Å². The Kier molecular flexibility index (Phi) is 5.19. The van der Waals surface area contributed by atoms with Crippen molar-refractivity contribution >= 4 is 5.82 Å². The van der Waals surface area contributed by atoms with Gasteiger partial charge in [-0.05, 0) is 24.3 Å². The van der Waals surface area contributed by atoms with Gasteiger partial charge in [-0.15, -0.1) is 0 Å². The maximum Gasteiger partial charge on any atom is 0.126 e. The molecule has 2 aromatic rings. The molecule has 100 valence electrons. The summed E-state index contributed by atoms with van der Waals surface area (Å²) in [4.78, 5) is 4.37. The Morgan fingerprint density at radius 2 is 1.84 bits per heavy atom. The Morgan fingerprint density at radius 3 is 2.63 bits per heavy atom. The molecule has 0 saturated heterocycles. The van der Waals surface area contributed by atoms with Crippen molar-refractivity contribution in [3.8, 4) is 5.75 Å². The number of hydrogen-bond donors (Lipinski definition) is 1. The van der Waals surface area contributed by atoms with Crippen molar-refractivity contribution in [1.82, 2.24) is 4.98 Å². The number of benzene rings is 1. The first kappa shape index (κ1) is 13.4. The average molecular weight is 258 g/mol. The topological polar surface area (TPSA) is 43.4 Å². The molecule has 0 atom stereocenters. The van der Waals surface area contributed by atoms with Gasteiger partial charge in [-0.3, -0.25) is 0 Å². The summed E-state index contributed by atoms with van der Waals surface area (Å²) in [6, 6.07) is 15.5. The molecule has 1 aromatic carbocycles. The number of rotatable bonds is 7. The van der Waals surface area contributed by atoms with Crippen LogP contribution in [0.2, 0.25) is 0 Å². The van der Waals surface area contributed by atoms with E-state index in [1.165, 1.54) is 0 Å². The second kappa shape index (κ2) is 7.38. The lowest BCUT2D eigenvalue weighted by Crippen LogP contribution is -2.07. The van der Waals surface area contributed by atoms with Gasteiger partial charge in [0.05, 0.1) is 18.9 Å². The number of ether oxygens (including phenoxy) is 2. The number of nitrogens with one attached hydrogen (secondary N) is 1. The minimum absolute atomic E-state index is 0.494. The van der Waals surface area contributed by atoms with E-state index in [1.54, 1.807) is 0 Å². The zero-order valence-corrected chi connectivity index (χ0v) is 11.0. The Hall–Kier alpha value is -2.07. The summed E-state index contributed by atoms with van der Waals surface area (Å²) >= 11 is 0. The lowest BCUT2D eigenvalue weighted by Gasteiger charge is -2.07. The van der Waals surface area contributed by atoms with E-state index >= 15 is 0 Å². The van der Waals surface area contributed by atoms with Gasteiger partial charge in [-0.2, -0.15) is 0 Å². The van der Waals surface area contributed by atoms with E-state index in [0.717, 1.165) is 17.3 Å². The summed E-state index contributed by atoms with van der Waals surface area (Å²) < 4.78 is 11.1. The fourth-order valence-corrected chi connectivity index (χ4v) is 1.61. The fourth-order valence-electron chi connectivity index (χ4n) is 1.61. The van der Waals surface area contributed by atoms with Crippen molar-refractivity contribution in [2.24, 2.45) is 0 Å². The molecule has 19 heavy (non-hydrogen) atoms. The van der Waals surface area contributed by atoms with Crippen LogP contribution in [0.1, 0.15) is 5.69 Å². The van der Waals surface area contributed by atoms with Gasteiger partial charge < -0.3 is 14.8 Å². The molecule has 0 spiro atoms. The third-order valence-electron chi connectivity index (χ3n) is 2.55. The highest BCUT2D eigenvalue weighted by Gasteiger charge is 1.97. The Bertz CT molecular complexity index is 489. The maximum absolute atomic E-state index is 5.53.